The Bertz CT molecular complexity index is 851. The molecule has 1 fully saturated rings. The van der Waals surface area contributed by atoms with Crippen molar-refractivity contribution in [3.63, 3.8) is 0 Å². The first-order chi connectivity index (χ1) is 12.7. The zero-order valence-corrected chi connectivity index (χ0v) is 20.0. The Hall–Kier alpha value is -0.810. The van der Waals surface area contributed by atoms with Crippen LogP contribution in [0.15, 0.2) is 28.1 Å². The minimum atomic E-state index is -4.12. The van der Waals surface area contributed by atoms with E-state index in [1.807, 2.05) is 18.6 Å². The molecule has 7 nitrogen and oxygen atoms in total. The van der Waals surface area contributed by atoms with Crippen molar-refractivity contribution >= 4 is 61.4 Å². The van der Waals surface area contributed by atoms with E-state index in [1.54, 1.807) is 11.0 Å². The minimum Gasteiger partial charge on any atom is -0.366 e. The molecule has 1 atom stereocenters. The Balaban J connectivity index is 0.00000392. The van der Waals surface area contributed by atoms with Gasteiger partial charge >= 0.3 is 0 Å². The van der Waals surface area contributed by atoms with E-state index in [0.717, 1.165) is 24.9 Å². The molecular weight excluding hydrogens is 490 g/mol. The van der Waals surface area contributed by atoms with Crippen molar-refractivity contribution in [2.24, 2.45) is 4.99 Å². The predicted octanol–water partition coefficient (Wildman–Crippen LogP) is 3.11. The highest BCUT2D eigenvalue weighted by Gasteiger charge is 2.44. The van der Waals surface area contributed by atoms with Gasteiger partial charge in [0, 0.05) is 25.6 Å². The van der Waals surface area contributed by atoms with Crippen LogP contribution in [0.3, 0.4) is 0 Å². The molecule has 1 amide bonds. The minimum absolute atomic E-state index is 0. The molecule has 0 aliphatic carbocycles. The van der Waals surface area contributed by atoms with Gasteiger partial charge in [-0.15, -0.1) is 17.0 Å². The lowest BCUT2D eigenvalue weighted by Crippen LogP contribution is -2.45. The molecule has 0 spiro atoms. The van der Waals surface area contributed by atoms with E-state index in [9.17, 15) is 18.3 Å². The molecule has 11 heteroatoms. The summed E-state index contributed by atoms with van der Waals surface area (Å²) in [6.07, 6.45) is 1.68. The number of amides is 1. The van der Waals surface area contributed by atoms with Crippen molar-refractivity contribution < 1.29 is 18.3 Å². The summed E-state index contributed by atoms with van der Waals surface area (Å²) in [4.78, 5) is 17.3. The van der Waals surface area contributed by atoms with Gasteiger partial charge in [-0.2, -0.15) is 0 Å². The molecule has 158 valence electrons. The van der Waals surface area contributed by atoms with Crippen molar-refractivity contribution in [1.29, 1.82) is 0 Å². The fourth-order valence-electron chi connectivity index (χ4n) is 2.76. The molecule has 1 aromatic rings. The standard InChI is InChI=1S/C17H24ClN3O4S2.BrH/c1-4-8-19-16-21(9-5-2)17(23,11-26-16)13-6-7-14(18)15(10-13)27(24,25)20-12(3)22;/h6-7,10,23H,4-5,8-9,11H2,1-3H3,(H,20,22);1H. The molecule has 1 aliphatic heterocycles. The number of hydrogen-bond acceptors (Lipinski definition) is 6. The monoisotopic (exact) mass is 513 g/mol. The van der Waals surface area contributed by atoms with E-state index in [0.29, 0.717) is 24.4 Å². The number of sulfonamides is 1. The van der Waals surface area contributed by atoms with Crippen LogP contribution in [0.5, 0.6) is 0 Å². The molecule has 0 radical (unpaired) electrons. The molecule has 1 saturated heterocycles. The maximum atomic E-state index is 12.4. The highest BCUT2D eigenvalue weighted by molar-refractivity contribution is 8.93. The molecule has 0 aromatic heterocycles. The van der Waals surface area contributed by atoms with Gasteiger partial charge in [0.2, 0.25) is 5.91 Å². The fraction of sp³-hybridized carbons (Fsp3) is 0.529. The quantitative estimate of drug-likeness (QED) is 0.580. The molecular formula is C17H25BrClN3O4S2. The number of halogens is 2. The summed E-state index contributed by atoms with van der Waals surface area (Å²) in [5, 5.41) is 12.1. The second kappa shape index (κ2) is 10.3. The van der Waals surface area contributed by atoms with E-state index in [1.165, 1.54) is 23.9 Å². The maximum Gasteiger partial charge on any atom is 0.265 e. The second-order valence-corrected chi connectivity index (χ2v) is 9.23. The normalized spacial score (nSPS) is 20.9. The first-order valence-corrected chi connectivity index (χ1v) is 11.5. The largest absolute Gasteiger partial charge is 0.366 e. The zero-order chi connectivity index (χ0) is 20.2. The molecule has 0 bridgehead atoms. The SMILES string of the molecule is Br.CCCN=C1SCC(O)(c2ccc(Cl)c(S(=O)(=O)NC(C)=O)c2)N1CCC. The van der Waals surface area contributed by atoms with Gasteiger partial charge in [0.05, 0.1) is 10.8 Å². The Morgan fingerprint density at radius 2 is 2.07 bits per heavy atom. The highest BCUT2D eigenvalue weighted by atomic mass is 79.9. The number of amidine groups is 1. The van der Waals surface area contributed by atoms with Crippen LogP contribution < -0.4 is 4.72 Å². The average molecular weight is 515 g/mol. The third-order valence-electron chi connectivity index (χ3n) is 3.96. The van der Waals surface area contributed by atoms with Crippen LogP contribution >= 0.6 is 40.3 Å². The van der Waals surface area contributed by atoms with E-state index < -0.39 is 21.7 Å². The van der Waals surface area contributed by atoms with Crippen LogP contribution in [0.25, 0.3) is 0 Å². The molecule has 28 heavy (non-hydrogen) atoms. The van der Waals surface area contributed by atoms with Gasteiger partial charge in [-0.1, -0.05) is 43.3 Å². The topological polar surface area (TPSA) is 99.1 Å². The Morgan fingerprint density at radius 1 is 1.39 bits per heavy atom. The predicted molar refractivity (Wildman–Crippen MR) is 119 cm³/mol. The summed E-state index contributed by atoms with van der Waals surface area (Å²) >= 11 is 7.49. The van der Waals surface area contributed by atoms with E-state index in [-0.39, 0.29) is 26.9 Å². The van der Waals surface area contributed by atoms with Gasteiger partial charge in [0.25, 0.3) is 10.0 Å². The Morgan fingerprint density at radius 3 is 2.64 bits per heavy atom. The number of benzene rings is 1. The number of nitrogens with one attached hydrogen (secondary N) is 1. The average Bonchev–Trinajstić information content (AvgIpc) is 2.90. The lowest BCUT2D eigenvalue weighted by atomic mass is 10.0. The summed E-state index contributed by atoms with van der Waals surface area (Å²) in [5.74, 6) is -0.398. The van der Waals surface area contributed by atoms with Gasteiger partial charge in [0.1, 0.15) is 4.90 Å². The van der Waals surface area contributed by atoms with Crippen LogP contribution in [-0.2, 0) is 20.5 Å². The maximum absolute atomic E-state index is 12.4. The van der Waals surface area contributed by atoms with E-state index >= 15 is 0 Å². The number of aliphatic hydroxyl groups is 1. The molecule has 2 N–H and O–H groups in total. The van der Waals surface area contributed by atoms with Crippen LogP contribution in [0.2, 0.25) is 5.02 Å². The van der Waals surface area contributed by atoms with Gasteiger partial charge < -0.3 is 10.0 Å². The lowest BCUT2D eigenvalue weighted by Gasteiger charge is -2.34. The van der Waals surface area contributed by atoms with E-state index in [4.69, 9.17) is 11.6 Å². The molecule has 1 unspecified atom stereocenters. The number of carbonyl (C=O) groups is 1. The number of hydrogen-bond donors (Lipinski definition) is 2. The van der Waals surface area contributed by atoms with Crippen LogP contribution in [0, 0.1) is 0 Å². The van der Waals surface area contributed by atoms with Gasteiger partial charge in [-0.05, 0) is 25.0 Å². The van der Waals surface area contributed by atoms with Crippen LogP contribution in [-0.4, -0.2) is 48.3 Å². The summed E-state index contributed by atoms with van der Waals surface area (Å²) in [6.45, 7) is 6.35. The first-order valence-electron chi connectivity index (χ1n) is 8.66. The van der Waals surface area contributed by atoms with Crippen LogP contribution in [0.4, 0.5) is 0 Å². The number of carbonyl (C=O) groups excluding carboxylic acids is 1. The zero-order valence-electron chi connectivity index (χ0n) is 15.9. The molecule has 1 heterocycles. The van der Waals surface area contributed by atoms with Crippen molar-refractivity contribution in [2.75, 3.05) is 18.8 Å². The lowest BCUT2D eigenvalue weighted by molar-refractivity contribution is -0.117. The molecule has 1 aliphatic rings. The van der Waals surface area contributed by atoms with Gasteiger partial charge in [0.15, 0.2) is 10.9 Å². The van der Waals surface area contributed by atoms with Crippen molar-refractivity contribution in [1.82, 2.24) is 9.62 Å². The smallest absolute Gasteiger partial charge is 0.265 e. The van der Waals surface area contributed by atoms with Gasteiger partial charge in [-0.25, -0.2) is 13.1 Å². The van der Waals surface area contributed by atoms with E-state index in [2.05, 4.69) is 4.99 Å². The van der Waals surface area contributed by atoms with Crippen molar-refractivity contribution in [3.8, 4) is 0 Å². The van der Waals surface area contributed by atoms with Crippen LogP contribution in [0.1, 0.15) is 39.2 Å². The Kier molecular flexibility index (Phi) is 9.27. The Labute approximate surface area is 185 Å². The fourth-order valence-corrected chi connectivity index (χ4v) is 5.51. The first kappa shape index (κ1) is 25.2. The molecule has 2 rings (SSSR count). The summed E-state index contributed by atoms with van der Waals surface area (Å²) in [5.41, 5.74) is -1.02. The third-order valence-corrected chi connectivity index (χ3v) is 7.03. The summed E-state index contributed by atoms with van der Waals surface area (Å²) in [7, 11) is -4.12. The van der Waals surface area contributed by atoms with Gasteiger partial charge in [-0.3, -0.25) is 9.79 Å². The molecule has 0 saturated carbocycles. The van der Waals surface area contributed by atoms with Crippen molar-refractivity contribution in [3.05, 3.63) is 28.8 Å². The second-order valence-electron chi connectivity index (χ2n) is 6.23. The molecule has 1 aromatic carbocycles. The summed E-state index contributed by atoms with van der Waals surface area (Å²) < 4.78 is 26.7. The number of thioether (sulfide) groups is 1. The third kappa shape index (κ3) is 5.41. The van der Waals surface area contributed by atoms with Crippen molar-refractivity contribution in [2.45, 2.75) is 44.2 Å². The number of nitrogens with zero attached hydrogens (tertiary/aromatic N) is 2. The highest BCUT2D eigenvalue weighted by Crippen LogP contribution is 2.40. The summed E-state index contributed by atoms with van der Waals surface area (Å²) in [6, 6.07) is 4.33. The number of rotatable bonds is 7. The number of aliphatic imine (C=N–C) groups is 1.